The Morgan fingerprint density at radius 1 is 1.37 bits per heavy atom. The van der Waals surface area contributed by atoms with Crippen molar-refractivity contribution < 1.29 is 19.4 Å². The zero-order valence-corrected chi connectivity index (χ0v) is 16.0. The highest BCUT2D eigenvalue weighted by molar-refractivity contribution is 5.95. The molecule has 146 valence electrons. The van der Waals surface area contributed by atoms with Gasteiger partial charge < -0.3 is 14.7 Å². The summed E-state index contributed by atoms with van der Waals surface area (Å²) in [5.74, 6) is -1.75. The quantitative estimate of drug-likeness (QED) is 0.640. The standard InChI is InChI=1S/C19H26N4O4/c1-4-27-9-5-8-22(11-15(3)19(25)26)18(24)16-6-7-17(14(2)10-16)23-13-20-12-21-23/h6-7,10,12-13,15H,4-5,8-9,11H2,1-3H3,(H,25,26). The van der Waals surface area contributed by atoms with Gasteiger partial charge in [-0.05, 0) is 44.0 Å². The molecule has 8 heteroatoms. The number of hydrogen-bond acceptors (Lipinski definition) is 5. The summed E-state index contributed by atoms with van der Waals surface area (Å²) < 4.78 is 6.96. The normalized spacial score (nSPS) is 12.0. The minimum Gasteiger partial charge on any atom is -0.481 e. The first kappa shape index (κ1) is 20.6. The number of aliphatic carboxylic acids is 1. The van der Waals surface area contributed by atoms with Crippen molar-refractivity contribution in [1.82, 2.24) is 19.7 Å². The number of aryl methyl sites for hydroxylation is 1. The number of benzene rings is 1. The van der Waals surface area contributed by atoms with Crippen LogP contribution in [0.25, 0.3) is 5.69 Å². The molecule has 0 saturated heterocycles. The monoisotopic (exact) mass is 374 g/mol. The Bertz CT molecular complexity index is 761. The summed E-state index contributed by atoms with van der Waals surface area (Å²) in [6.45, 7) is 7.16. The molecule has 0 aliphatic rings. The molecule has 1 aromatic carbocycles. The number of hydrogen-bond donors (Lipinski definition) is 1. The van der Waals surface area contributed by atoms with Crippen LogP contribution in [0.15, 0.2) is 30.9 Å². The van der Waals surface area contributed by atoms with Crippen LogP contribution in [0.4, 0.5) is 0 Å². The molecule has 2 aromatic rings. The average molecular weight is 374 g/mol. The van der Waals surface area contributed by atoms with Gasteiger partial charge in [-0.3, -0.25) is 9.59 Å². The summed E-state index contributed by atoms with van der Waals surface area (Å²) in [5, 5.41) is 13.3. The largest absolute Gasteiger partial charge is 0.481 e. The van der Waals surface area contributed by atoms with E-state index in [0.717, 1.165) is 11.3 Å². The molecule has 27 heavy (non-hydrogen) atoms. The van der Waals surface area contributed by atoms with Gasteiger partial charge >= 0.3 is 5.97 Å². The number of carbonyl (C=O) groups excluding carboxylic acids is 1. The van der Waals surface area contributed by atoms with Gasteiger partial charge in [-0.15, -0.1) is 0 Å². The first-order chi connectivity index (χ1) is 12.9. The predicted molar refractivity (Wildman–Crippen MR) is 99.9 cm³/mol. The average Bonchev–Trinajstić information content (AvgIpc) is 3.17. The van der Waals surface area contributed by atoms with Crippen LogP contribution in [-0.4, -0.2) is 63.0 Å². The van der Waals surface area contributed by atoms with E-state index in [0.29, 0.717) is 31.7 Å². The van der Waals surface area contributed by atoms with Crippen LogP contribution in [0.3, 0.4) is 0 Å². The highest BCUT2D eigenvalue weighted by Crippen LogP contribution is 2.17. The summed E-state index contributed by atoms with van der Waals surface area (Å²) in [4.78, 5) is 29.7. The zero-order chi connectivity index (χ0) is 19.8. The molecule has 8 nitrogen and oxygen atoms in total. The summed E-state index contributed by atoms with van der Waals surface area (Å²) in [6, 6.07) is 5.34. The van der Waals surface area contributed by atoms with E-state index in [1.807, 2.05) is 19.9 Å². The lowest BCUT2D eigenvalue weighted by molar-refractivity contribution is -0.141. The Morgan fingerprint density at radius 2 is 2.15 bits per heavy atom. The van der Waals surface area contributed by atoms with Gasteiger partial charge in [0.05, 0.1) is 11.6 Å². The maximum atomic E-state index is 13.0. The Kier molecular flexibility index (Phi) is 7.48. The van der Waals surface area contributed by atoms with Crippen LogP contribution in [0.2, 0.25) is 0 Å². The van der Waals surface area contributed by atoms with Crippen LogP contribution < -0.4 is 0 Å². The Labute approximate surface area is 158 Å². The van der Waals surface area contributed by atoms with Crippen LogP contribution in [-0.2, 0) is 9.53 Å². The summed E-state index contributed by atoms with van der Waals surface area (Å²) >= 11 is 0. The highest BCUT2D eigenvalue weighted by Gasteiger charge is 2.22. The molecule has 2 rings (SSSR count). The summed E-state index contributed by atoms with van der Waals surface area (Å²) in [6.07, 6.45) is 3.70. The third-order valence-corrected chi connectivity index (χ3v) is 4.23. The lowest BCUT2D eigenvalue weighted by Gasteiger charge is -2.25. The number of carboxylic acids is 1. The van der Waals surface area contributed by atoms with Crippen molar-refractivity contribution in [2.45, 2.75) is 27.2 Å². The van der Waals surface area contributed by atoms with Gasteiger partial charge in [-0.1, -0.05) is 6.92 Å². The number of aromatic nitrogens is 3. The van der Waals surface area contributed by atoms with Crippen LogP contribution in [0.5, 0.6) is 0 Å². The molecule has 0 bridgehead atoms. The van der Waals surface area contributed by atoms with Gasteiger partial charge in [0.2, 0.25) is 0 Å². The van der Waals surface area contributed by atoms with E-state index >= 15 is 0 Å². The number of rotatable bonds is 10. The molecular weight excluding hydrogens is 348 g/mol. The SMILES string of the molecule is CCOCCCN(CC(C)C(=O)O)C(=O)c1ccc(-n2cncn2)c(C)c1. The fraction of sp³-hybridized carbons (Fsp3) is 0.474. The summed E-state index contributed by atoms with van der Waals surface area (Å²) in [5.41, 5.74) is 2.24. The maximum Gasteiger partial charge on any atom is 0.308 e. The molecule has 1 amide bonds. The lowest BCUT2D eigenvalue weighted by atomic mass is 10.1. The fourth-order valence-electron chi connectivity index (χ4n) is 2.75. The van der Waals surface area contributed by atoms with Crippen molar-refractivity contribution >= 4 is 11.9 Å². The molecule has 0 aliphatic heterocycles. The van der Waals surface area contributed by atoms with E-state index < -0.39 is 11.9 Å². The first-order valence-corrected chi connectivity index (χ1v) is 8.99. The van der Waals surface area contributed by atoms with Gasteiger partial charge in [0.1, 0.15) is 12.7 Å². The molecule has 1 atom stereocenters. The number of amides is 1. The van der Waals surface area contributed by atoms with Crippen LogP contribution in [0, 0.1) is 12.8 Å². The lowest BCUT2D eigenvalue weighted by Crippen LogP contribution is -2.38. The molecule has 1 heterocycles. The highest BCUT2D eigenvalue weighted by atomic mass is 16.5. The fourth-order valence-corrected chi connectivity index (χ4v) is 2.75. The molecule has 0 spiro atoms. The van der Waals surface area contributed by atoms with Crippen LogP contribution >= 0.6 is 0 Å². The Balaban J connectivity index is 2.17. The van der Waals surface area contributed by atoms with E-state index in [1.165, 1.54) is 6.33 Å². The van der Waals surface area contributed by atoms with Crippen molar-refractivity contribution in [1.29, 1.82) is 0 Å². The van der Waals surface area contributed by atoms with Crippen molar-refractivity contribution in [3.05, 3.63) is 42.0 Å². The number of ether oxygens (including phenoxy) is 1. The maximum absolute atomic E-state index is 13.0. The van der Waals surface area contributed by atoms with Gasteiger partial charge in [0, 0.05) is 31.9 Å². The minimum absolute atomic E-state index is 0.157. The zero-order valence-electron chi connectivity index (χ0n) is 16.0. The molecule has 0 radical (unpaired) electrons. The number of carbonyl (C=O) groups is 2. The smallest absolute Gasteiger partial charge is 0.308 e. The second kappa shape index (κ2) is 9.82. The van der Waals surface area contributed by atoms with E-state index in [1.54, 1.807) is 35.0 Å². The Hall–Kier alpha value is -2.74. The number of carboxylic acid groups (broad SMARTS) is 1. The van der Waals surface area contributed by atoms with Crippen molar-refractivity contribution in [3.8, 4) is 5.69 Å². The summed E-state index contributed by atoms with van der Waals surface area (Å²) in [7, 11) is 0. The molecular formula is C19H26N4O4. The third-order valence-electron chi connectivity index (χ3n) is 4.23. The minimum atomic E-state index is -0.921. The van der Waals surface area contributed by atoms with E-state index in [-0.39, 0.29) is 12.5 Å². The molecule has 0 fully saturated rings. The van der Waals surface area contributed by atoms with Gasteiger partial charge in [-0.25, -0.2) is 9.67 Å². The molecule has 1 aromatic heterocycles. The second-order valence-electron chi connectivity index (χ2n) is 6.38. The molecule has 0 saturated carbocycles. The van der Waals surface area contributed by atoms with E-state index in [4.69, 9.17) is 4.74 Å². The van der Waals surface area contributed by atoms with Crippen LogP contribution in [0.1, 0.15) is 36.2 Å². The Morgan fingerprint density at radius 3 is 2.74 bits per heavy atom. The second-order valence-corrected chi connectivity index (χ2v) is 6.38. The first-order valence-electron chi connectivity index (χ1n) is 8.99. The predicted octanol–water partition coefficient (Wildman–Crippen LogP) is 2.17. The van der Waals surface area contributed by atoms with Gasteiger partial charge in [0.15, 0.2) is 0 Å². The van der Waals surface area contributed by atoms with Crippen molar-refractivity contribution in [2.24, 2.45) is 5.92 Å². The van der Waals surface area contributed by atoms with Crippen molar-refractivity contribution in [3.63, 3.8) is 0 Å². The van der Waals surface area contributed by atoms with E-state index in [9.17, 15) is 14.7 Å². The molecule has 1 N–H and O–H groups in total. The number of nitrogens with zero attached hydrogens (tertiary/aromatic N) is 4. The van der Waals surface area contributed by atoms with Crippen molar-refractivity contribution in [2.75, 3.05) is 26.3 Å². The topological polar surface area (TPSA) is 97.6 Å². The van der Waals surface area contributed by atoms with E-state index in [2.05, 4.69) is 10.1 Å². The molecule has 0 aliphatic carbocycles. The third kappa shape index (κ3) is 5.62. The van der Waals surface area contributed by atoms with Gasteiger partial charge in [-0.2, -0.15) is 5.10 Å². The molecule has 1 unspecified atom stereocenters. The van der Waals surface area contributed by atoms with Gasteiger partial charge in [0.25, 0.3) is 5.91 Å².